The summed E-state index contributed by atoms with van der Waals surface area (Å²) in [5.74, 6) is -0.764. The number of amides is 1. The van der Waals surface area contributed by atoms with E-state index < -0.39 is 5.82 Å². The molecule has 0 aliphatic rings. The lowest BCUT2D eigenvalue weighted by atomic mass is 10.1. The van der Waals surface area contributed by atoms with Gasteiger partial charge in [-0.3, -0.25) is 9.48 Å². The van der Waals surface area contributed by atoms with Crippen LogP contribution in [-0.2, 0) is 13.6 Å². The van der Waals surface area contributed by atoms with Crippen LogP contribution in [0.1, 0.15) is 27.3 Å². The SMILES string of the molecule is CNc1c(F)cccc1C(=O)NCc1c(C)nn(C)c1C. The number of para-hydroxylation sites is 1. The predicted octanol–water partition coefficient (Wildman–Crippen LogP) is 2.15. The Morgan fingerprint density at radius 3 is 2.67 bits per heavy atom. The lowest BCUT2D eigenvalue weighted by molar-refractivity contribution is 0.0951. The Balaban J connectivity index is 2.18. The highest BCUT2D eigenvalue weighted by Gasteiger charge is 2.15. The molecule has 2 aromatic rings. The highest BCUT2D eigenvalue weighted by atomic mass is 19.1. The Kier molecular flexibility index (Phi) is 4.26. The Bertz CT molecular complexity index is 679. The van der Waals surface area contributed by atoms with Crippen molar-refractivity contribution in [3.05, 3.63) is 46.5 Å². The Hall–Kier alpha value is -2.37. The van der Waals surface area contributed by atoms with Gasteiger partial charge in [-0.15, -0.1) is 0 Å². The van der Waals surface area contributed by atoms with Crippen molar-refractivity contribution in [2.24, 2.45) is 7.05 Å². The van der Waals surface area contributed by atoms with Crippen LogP contribution in [0.3, 0.4) is 0 Å². The average molecular weight is 290 g/mol. The van der Waals surface area contributed by atoms with Crippen molar-refractivity contribution < 1.29 is 9.18 Å². The summed E-state index contributed by atoms with van der Waals surface area (Å²) < 4.78 is 15.4. The van der Waals surface area contributed by atoms with E-state index in [4.69, 9.17) is 0 Å². The number of nitrogens with zero attached hydrogens (tertiary/aromatic N) is 2. The van der Waals surface area contributed by atoms with Gasteiger partial charge in [-0.2, -0.15) is 5.10 Å². The van der Waals surface area contributed by atoms with Crippen molar-refractivity contribution >= 4 is 11.6 Å². The van der Waals surface area contributed by atoms with Gasteiger partial charge in [0.1, 0.15) is 5.82 Å². The molecule has 0 aliphatic heterocycles. The van der Waals surface area contributed by atoms with E-state index in [9.17, 15) is 9.18 Å². The van der Waals surface area contributed by atoms with Gasteiger partial charge in [-0.05, 0) is 26.0 Å². The molecule has 0 saturated carbocycles. The van der Waals surface area contributed by atoms with Crippen molar-refractivity contribution in [2.75, 3.05) is 12.4 Å². The van der Waals surface area contributed by atoms with Gasteiger partial charge >= 0.3 is 0 Å². The fourth-order valence-corrected chi connectivity index (χ4v) is 2.30. The normalized spacial score (nSPS) is 10.5. The van der Waals surface area contributed by atoms with Crippen molar-refractivity contribution in [3.63, 3.8) is 0 Å². The molecule has 6 heteroatoms. The molecule has 0 saturated heterocycles. The Morgan fingerprint density at radius 1 is 1.38 bits per heavy atom. The molecule has 0 spiro atoms. The zero-order chi connectivity index (χ0) is 15.6. The van der Waals surface area contributed by atoms with Gasteiger partial charge in [0.15, 0.2) is 0 Å². The van der Waals surface area contributed by atoms with Crippen LogP contribution in [-0.4, -0.2) is 22.7 Å². The summed E-state index contributed by atoms with van der Waals surface area (Å²) in [7, 11) is 3.45. The first-order chi connectivity index (χ1) is 9.95. The van der Waals surface area contributed by atoms with E-state index in [-0.39, 0.29) is 17.2 Å². The van der Waals surface area contributed by atoms with E-state index >= 15 is 0 Å². The third-order valence-corrected chi connectivity index (χ3v) is 3.59. The number of aryl methyl sites for hydroxylation is 2. The molecule has 0 radical (unpaired) electrons. The highest BCUT2D eigenvalue weighted by Crippen LogP contribution is 2.19. The minimum atomic E-state index is -0.445. The quantitative estimate of drug-likeness (QED) is 0.907. The van der Waals surface area contributed by atoms with Crippen LogP contribution in [0.4, 0.5) is 10.1 Å². The highest BCUT2D eigenvalue weighted by molar-refractivity contribution is 5.99. The predicted molar refractivity (Wildman–Crippen MR) is 79.8 cm³/mol. The molecule has 2 rings (SSSR count). The number of hydrogen-bond donors (Lipinski definition) is 2. The fourth-order valence-electron chi connectivity index (χ4n) is 2.30. The minimum absolute atomic E-state index is 0.203. The lowest BCUT2D eigenvalue weighted by Crippen LogP contribution is -2.24. The molecule has 0 unspecified atom stereocenters. The summed E-state index contributed by atoms with van der Waals surface area (Å²) in [4.78, 5) is 12.2. The van der Waals surface area contributed by atoms with Crippen LogP contribution in [0.5, 0.6) is 0 Å². The third-order valence-electron chi connectivity index (χ3n) is 3.59. The molecule has 1 amide bonds. The van der Waals surface area contributed by atoms with Gasteiger partial charge in [0, 0.05) is 31.9 Å². The summed E-state index contributed by atoms with van der Waals surface area (Å²) in [5, 5.41) is 9.83. The van der Waals surface area contributed by atoms with Gasteiger partial charge in [-0.25, -0.2) is 4.39 Å². The van der Waals surface area contributed by atoms with E-state index in [1.807, 2.05) is 20.9 Å². The average Bonchev–Trinajstić information content (AvgIpc) is 2.69. The first kappa shape index (κ1) is 15.0. The maximum Gasteiger partial charge on any atom is 0.253 e. The first-order valence-electron chi connectivity index (χ1n) is 6.69. The second-order valence-corrected chi connectivity index (χ2v) is 4.87. The van der Waals surface area contributed by atoms with E-state index in [1.165, 1.54) is 12.1 Å². The molecule has 1 aromatic heterocycles. The number of carbonyl (C=O) groups is 1. The van der Waals surface area contributed by atoms with Crippen molar-refractivity contribution in [1.29, 1.82) is 0 Å². The topological polar surface area (TPSA) is 59.0 Å². The van der Waals surface area contributed by atoms with Gasteiger partial charge in [-0.1, -0.05) is 6.07 Å². The number of benzene rings is 1. The van der Waals surface area contributed by atoms with E-state index in [0.717, 1.165) is 17.0 Å². The van der Waals surface area contributed by atoms with E-state index in [0.29, 0.717) is 6.54 Å². The maximum absolute atomic E-state index is 13.6. The zero-order valence-corrected chi connectivity index (χ0v) is 12.6. The van der Waals surface area contributed by atoms with Gasteiger partial charge in [0.25, 0.3) is 5.91 Å². The molecule has 0 fully saturated rings. The van der Waals surface area contributed by atoms with Crippen molar-refractivity contribution in [3.8, 4) is 0 Å². The van der Waals surface area contributed by atoms with Gasteiger partial charge < -0.3 is 10.6 Å². The zero-order valence-electron chi connectivity index (χ0n) is 12.6. The van der Waals surface area contributed by atoms with Gasteiger partial charge in [0.05, 0.1) is 16.9 Å². The molecular weight excluding hydrogens is 271 g/mol. The number of halogens is 1. The lowest BCUT2D eigenvalue weighted by Gasteiger charge is -2.11. The molecule has 2 N–H and O–H groups in total. The summed E-state index contributed by atoms with van der Waals surface area (Å²) in [6.45, 7) is 4.21. The van der Waals surface area contributed by atoms with Crippen molar-refractivity contribution in [1.82, 2.24) is 15.1 Å². The molecule has 0 atom stereocenters. The van der Waals surface area contributed by atoms with Crippen LogP contribution < -0.4 is 10.6 Å². The summed E-state index contributed by atoms with van der Waals surface area (Å²) in [6.07, 6.45) is 0. The van der Waals surface area contributed by atoms with E-state index in [2.05, 4.69) is 15.7 Å². The second kappa shape index (κ2) is 5.95. The number of hydrogen-bond acceptors (Lipinski definition) is 3. The Labute approximate surface area is 123 Å². The maximum atomic E-state index is 13.6. The van der Waals surface area contributed by atoms with Crippen LogP contribution in [0.2, 0.25) is 0 Å². The van der Waals surface area contributed by atoms with Gasteiger partial charge in [0.2, 0.25) is 0 Å². The summed E-state index contributed by atoms with van der Waals surface area (Å²) >= 11 is 0. The molecule has 112 valence electrons. The number of nitrogens with one attached hydrogen (secondary N) is 2. The standard InChI is InChI=1S/C15H19FN4O/c1-9-12(10(2)20(4)19-9)8-18-15(21)11-6-5-7-13(16)14(11)17-3/h5-7,17H,8H2,1-4H3,(H,18,21). The van der Waals surface area contributed by atoms with Crippen LogP contribution in [0.15, 0.2) is 18.2 Å². The number of anilines is 1. The molecule has 1 aromatic carbocycles. The van der Waals surface area contributed by atoms with Crippen LogP contribution in [0, 0.1) is 19.7 Å². The third kappa shape index (κ3) is 2.89. The summed E-state index contributed by atoms with van der Waals surface area (Å²) in [6, 6.07) is 4.43. The van der Waals surface area contributed by atoms with Crippen LogP contribution >= 0.6 is 0 Å². The number of aromatic nitrogens is 2. The minimum Gasteiger partial charge on any atom is -0.385 e. The fraction of sp³-hybridized carbons (Fsp3) is 0.333. The monoisotopic (exact) mass is 290 g/mol. The molecular formula is C15H19FN4O. The smallest absolute Gasteiger partial charge is 0.253 e. The molecule has 21 heavy (non-hydrogen) atoms. The molecule has 5 nitrogen and oxygen atoms in total. The summed E-state index contributed by atoms with van der Waals surface area (Å²) in [5.41, 5.74) is 3.35. The number of rotatable bonds is 4. The Morgan fingerprint density at radius 2 is 2.10 bits per heavy atom. The molecule has 0 bridgehead atoms. The first-order valence-corrected chi connectivity index (χ1v) is 6.69. The van der Waals surface area contributed by atoms with Crippen molar-refractivity contribution in [2.45, 2.75) is 20.4 Å². The van der Waals surface area contributed by atoms with Crippen LogP contribution in [0.25, 0.3) is 0 Å². The molecule has 1 heterocycles. The second-order valence-electron chi connectivity index (χ2n) is 4.87. The number of carbonyl (C=O) groups excluding carboxylic acids is 1. The largest absolute Gasteiger partial charge is 0.385 e. The van der Waals surface area contributed by atoms with E-state index in [1.54, 1.807) is 17.8 Å². The molecule has 0 aliphatic carbocycles.